The Balaban J connectivity index is 4.22. The summed E-state index contributed by atoms with van der Waals surface area (Å²) in [5, 5.41) is 0. The number of allylic oxidation sites excluding steroid dienone is 2. The molecule has 3 heteroatoms. The third-order valence-corrected chi connectivity index (χ3v) is 0.409. The number of rotatable bonds is 1. The third kappa shape index (κ3) is 2.26. The predicted octanol–water partition coefficient (Wildman–Crippen LogP) is 2.41. The first-order valence-electron chi connectivity index (χ1n) is 1.75. The minimum atomic E-state index is -2.35. The molecular formula is C5H3F3. The Hall–Kier alpha value is -0.950. The van der Waals surface area contributed by atoms with E-state index in [9.17, 15) is 13.2 Å². The quantitative estimate of drug-likeness (QED) is 0.368. The minimum Gasteiger partial charge on any atom is -0.200 e. The van der Waals surface area contributed by atoms with Crippen molar-refractivity contribution in [1.82, 2.24) is 0 Å². The van der Waals surface area contributed by atoms with Gasteiger partial charge in [-0.1, -0.05) is 6.58 Å². The van der Waals surface area contributed by atoms with Crippen LogP contribution in [0.2, 0.25) is 0 Å². The zero-order chi connectivity index (χ0) is 6.57. The van der Waals surface area contributed by atoms with Crippen LogP contribution in [0.5, 0.6) is 0 Å². The van der Waals surface area contributed by atoms with Crippen molar-refractivity contribution in [2.75, 3.05) is 0 Å². The summed E-state index contributed by atoms with van der Waals surface area (Å²) >= 11 is 0. The van der Waals surface area contributed by atoms with E-state index in [1.165, 1.54) is 0 Å². The monoisotopic (exact) mass is 120 g/mol. The van der Waals surface area contributed by atoms with Gasteiger partial charge < -0.3 is 0 Å². The average Bonchev–Trinajstić information content (AvgIpc) is 1.67. The van der Waals surface area contributed by atoms with Gasteiger partial charge in [0.05, 0.1) is 0 Å². The van der Waals surface area contributed by atoms with E-state index in [4.69, 9.17) is 0 Å². The molecule has 0 amide bonds. The molecule has 0 saturated carbocycles. The van der Waals surface area contributed by atoms with E-state index >= 15 is 0 Å². The van der Waals surface area contributed by atoms with Crippen LogP contribution in [0.1, 0.15) is 0 Å². The van der Waals surface area contributed by atoms with Crippen LogP contribution in [0, 0.1) is 0 Å². The maximum atomic E-state index is 11.5. The molecule has 0 spiro atoms. The Morgan fingerprint density at radius 2 is 1.88 bits per heavy atom. The highest BCUT2D eigenvalue weighted by atomic mass is 19.3. The molecule has 0 unspecified atom stereocenters. The van der Waals surface area contributed by atoms with E-state index in [0.29, 0.717) is 6.08 Å². The molecule has 0 bridgehead atoms. The highest BCUT2D eigenvalue weighted by Gasteiger charge is 1.96. The van der Waals surface area contributed by atoms with E-state index in [1.807, 2.05) is 5.73 Å². The fourth-order valence-electron chi connectivity index (χ4n) is 0.144. The second-order valence-corrected chi connectivity index (χ2v) is 0.957. The van der Waals surface area contributed by atoms with Crippen molar-refractivity contribution in [3.8, 4) is 0 Å². The van der Waals surface area contributed by atoms with Crippen LogP contribution < -0.4 is 0 Å². The third-order valence-electron chi connectivity index (χ3n) is 0.409. The van der Waals surface area contributed by atoms with Crippen LogP contribution >= 0.6 is 0 Å². The van der Waals surface area contributed by atoms with Gasteiger partial charge in [0.2, 0.25) is 0 Å². The van der Waals surface area contributed by atoms with Crippen LogP contribution in [0.15, 0.2) is 30.3 Å². The van der Waals surface area contributed by atoms with Gasteiger partial charge in [-0.2, -0.15) is 8.78 Å². The zero-order valence-corrected chi connectivity index (χ0v) is 3.92. The van der Waals surface area contributed by atoms with Gasteiger partial charge in [-0.25, -0.2) is 4.39 Å². The first-order chi connectivity index (χ1) is 3.68. The topological polar surface area (TPSA) is 0 Å². The summed E-state index contributed by atoms with van der Waals surface area (Å²) in [7, 11) is 0. The van der Waals surface area contributed by atoms with Gasteiger partial charge in [0, 0.05) is 6.08 Å². The molecule has 0 N–H and O–H groups in total. The number of halogens is 3. The summed E-state index contributed by atoms with van der Waals surface area (Å²) in [6, 6.07) is 0. The van der Waals surface area contributed by atoms with Crippen molar-refractivity contribution in [2.24, 2.45) is 0 Å². The second-order valence-electron chi connectivity index (χ2n) is 0.957. The Morgan fingerprint density at radius 1 is 1.38 bits per heavy atom. The lowest BCUT2D eigenvalue weighted by atomic mass is 10.5. The Bertz CT molecular complexity index is 147. The smallest absolute Gasteiger partial charge is 0.200 e. The SMILES string of the molecule is C=C=CC(F)=C(F)F. The molecule has 0 aliphatic rings. The van der Waals surface area contributed by atoms with E-state index in [1.54, 1.807) is 0 Å². The molecular weight excluding hydrogens is 117 g/mol. The molecule has 0 radical (unpaired) electrons. The maximum Gasteiger partial charge on any atom is 0.306 e. The second kappa shape index (κ2) is 3.10. The normalized spacial score (nSPS) is 7.38. The molecule has 0 aromatic heterocycles. The van der Waals surface area contributed by atoms with Gasteiger partial charge in [0.15, 0.2) is 5.83 Å². The molecule has 0 fully saturated rings. The van der Waals surface area contributed by atoms with Crippen molar-refractivity contribution < 1.29 is 13.2 Å². The minimum absolute atomic E-state index is 0.468. The van der Waals surface area contributed by atoms with E-state index in [2.05, 4.69) is 6.58 Å². The van der Waals surface area contributed by atoms with E-state index < -0.39 is 11.9 Å². The Morgan fingerprint density at radius 3 is 2.00 bits per heavy atom. The average molecular weight is 120 g/mol. The standard InChI is InChI=1S/C5H3F3/c1-2-3-4(6)5(7)8/h3H,1H2. The van der Waals surface area contributed by atoms with Gasteiger partial charge in [-0.15, -0.1) is 5.73 Å². The lowest BCUT2D eigenvalue weighted by molar-refractivity contribution is 0.387. The molecule has 0 aliphatic carbocycles. The van der Waals surface area contributed by atoms with Gasteiger partial charge in [0.1, 0.15) is 0 Å². The van der Waals surface area contributed by atoms with Gasteiger partial charge in [0.25, 0.3) is 0 Å². The van der Waals surface area contributed by atoms with Gasteiger partial charge in [-0.3, -0.25) is 0 Å². The lowest BCUT2D eigenvalue weighted by Crippen LogP contribution is -1.63. The lowest BCUT2D eigenvalue weighted by Gasteiger charge is -1.76. The van der Waals surface area contributed by atoms with Crippen molar-refractivity contribution >= 4 is 0 Å². The summed E-state index contributed by atoms with van der Waals surface area (Å²) in [4.78, 5) is 0. The molecule has 0 aromatic carbocycles. The first-order valence-corrected chi connectivity index (χ1v) is 1.75. The summed E-state index contributed by atoms with van der Waals surface area (Å²) in [5.74, 6) is -1.58. The fourth-order valence-corrected chi connectivity index (χ4v) is 0.144. The molecule has 44 valence electrons. The van der Waals surface area contributed by atoms with Crippen molar-refractivity contribution in [3.63, 3.8) is 0 Å². The highest BCUT2D eigenvalue weighted by Crippen LogP contribution is 2.08. The molecule has 0 aliphatic heterocycles. The summed E-state index contributed by atoms with van der Waals surface area (Å²) < 4.78 is 33.5. The van der Waals surface area contributed by atoms with Crippen LogP contribution in [-0.4, -0.2) is 0 Å². The van der Waals surface area contributed by atoms with Crippen LogP contribution in [0.4, 0.5) is 13.2 Å². The van der Waals surface area contributed by atoms with Crippen molar-refractivity contribution in [1.29, 1.82) is 0 Å². The molecule has 0 nitrogen and oxygen atoms in total. The zero-order valence-electron chi connectivity index (χ0n) is 3.92. The predicted molar refractivity (Wildman–Crippen MR) is 24.1 cm³/mol. The summed E-state index contributed by atoms with van der Waals surface area (Å²) in [6.07, 6.45) is -1.88. The van der Waals surface area contributed by atoms with E-state index in [0.717, 1.165) is 0 Å². The van der Waals surface area contributed by atoms with Crippen LogP contribution in [0.25, 0.3) is 0 Å². The molecule has 0 saturated heterocycles. The number of hydrogen-bond acceptors (Lipinski definition) is 0. The van der Waals surface area contributed by atoms with Crippen LogP contribution in [-0.2, 0) is 0 Å². The molecule has 0 rings (SSSR count). The molecule has 0 aromatic rings. The van der Waals surface area contributed by atoms with Gasteiger partial charge in [-0.05, 0) is 0 Å². The van der Waals surface area contributed by atoms with Crippen LogP contribution in [0.3, 0.4) is 0 Å². The molecule has 0 atom stereocenters. The van der Waals surface area contributed by atoms with Crippen molar-refractivity contribution in [2.45, 2.75) is 0 Å². The fraction of sp³-hybridized carbons (Fsp3) is 0. The maximum absolute atomic E-state index is 11.5. The van der Waals surface area contributed by atoms with Crippen molar-refractivity contribution in [3.05, 3.63) is 30.3 Å². The highest BCUT2D eigenvalue weighted by molar-refractivity contribution is 5.09. The molecule has 0 heterocycles. The summed E-state index contributed by atoms with van der Waals surface area (Å²) in [6.45, 7) is 2.90. The number of hydrogen-bond donors (Lipinski definition) is 0. The van der Waals surface area contributed by atoms with Gasteiger partial charge >= 0.3 is 6.08 Å². The largest absolute Gasteiger partial charge is 0.306 e. The summed E-state index contributed by atoms with van der Waals surface area (Å²) in [5.41, 5.74) is 1.86. The first kappa shape index (κ1) is 7.05. The Labute approximate surface area is 44.6 Å². The Kier molecular flexibility index (Phi) is 2.74. The molecule has 8 heavy (non-hydrogen) atoms. The van der Waals surface area contributed by atoms with E-state index in [-0.39, 0.29) is 0 Å².